The third-order valence-corrected chi connectivity index (χ3v) is 12.2. The first-order valence-corrected chi connectivity index (χ1v) is 20.4. The van der Waals surface area contributed by atoms with Gasteiger partial charge in [0.15, 0.2) is 48.0 Å². The molecule has 4 aliphatic rings. The molecule has 2 aromatic heterocycles. The van der Waals surface area contributed by atoms with Crippen LogP contribution in [0.4, 0.5) is 5.82 Å². The monoisotopic (exact) mass is 912 g/mol. The van der Waals surface area contributed by atoms with E-state index in [2.05, 4.69) is 24.9 Å². The maximum Gasteiger partial charge on any atom is 0.339 e. The van der Waals surface area contributed by atoms with Gasteiger partial charge < -0.3 is 89.5 Å². The van der Waals surface area contributed by atoms with Crippen LogP contribution in [-0.4, -0.2) is 208 Å². The van der Waals surface area contributed by atoms with Crippen LogP contribution in [0, 0.1) is 0 Å². The highest BCUT2D eigenvalue weighted by molar-refractivity contribution is 7.45. The molecule has 3 saturated heterocycles. The number of ether oxygens (including phenoxy) is 5. The van der Waals surface area contributed by atoms with Crippen molar-refractivity contribution < 1.29 is 103 Å². The first-order chi connectivity index (χ1) is 29.2. The predicted octanol–water partition coefficient (Wildman–Crippen LogP) is -14.5. The lowest BCUT2D eigenvalue weighted by atomic mass is 9.81. The van der Waals surface area contributed by atoms with Crippen LogP contribution < -0.4 is 48.9 Å². The number of nitrogens with one attached hydrogen (secondary N) is 2. The van der Waals surface area contributed by atoms with Crippen molar-refractivity contribution in [3.63, 3.8) is 0 Å². The molecule has 0 aromatic carbocycles. The maximum absolute atomic E-state index is 13.4. The summed E-state index contributed by atoms with van der Waals surface area (Å²) in [7, 11) is -4.15. The topological polar surface area (TPSA) is 502 Å². The minimum Gasteiger partial charge on any atom is -0.756 e. The molecule has 1 unspecified atom stereocenters. The number of phosphoric acid groups is 1. The quantitative estimate of drug-likeness (QED) is 0.0341. The lowest BCUT2D eigenvalue weighted by molar-refractivity contribution is -0.695. The maximum atomic E-state index is 13.4. The van der Waals surface area contributed by atoms with Gasteiger partial charge in [0.1, 0.15) is 85.0 Å². The summed E-state index contributed by atoms with van der Waals surface area (Å²) in [4.78, 5) is 42.8. The Balaban J connectivity index is 1.20. The molecule has 20 atom stereocenters. The van der Waals surface area contributed by atoms with Crippen molar-refractivity contribution in [1.29, 1.82) is 0 Å². The van der Waals surface area contributed by atoms with E-state index >= 15 is 0 Å². The molecule has 22 N–H and O–H groups in total. The van der Waals surface area contributed by atoms with Gasteiger partial charge in [0.25, 0.3) is 7.82 Å². The Hall–Kier alpha value is -3.89. The molecule has 0 bridgehead atoms. The molecule has 1 aliphatic carbocycles. The van der Waals surface area contributed by atoms with Gasteiger partial charge in [-0.25, -0.2) is 15.0 Å². The number of fused-ring (bicyclic) bond motifs is 1. The number of nitrogen functional groups attached to an aromatic ring is 1. The molecule has 62 heavy (non-hydrogen) atoms. The van der Waals surface area contributed by atoms with Crippen LogP contribution >= 0.6 is 7.82 Å². The molecule has 31 heteroatoms. The molecule has 3 aliphatic heterocycles. The zero-order chi connectivity index (χ0) is 45.6. The number of quaternary nitrogens is 1. The van der Waals surface area contributed by atoms with Crippen LogP contribution in [0.1, 0.15) is 13.2 Å². The molecule has 348 valence electrons. The van der Waals surface area contributed by atoms with Gasteiger partial charge in [-0.3, -0.25) is 46.8 Å². The van der Waals surface area contributed by atoms with Crippen molar-refractivity contribution in [2.24, 2.45) is 22.9 Å². The van der Waals surface area contributed by atoms with Crippen molar-refractivity contribution >= 4 is 43.0 Å². The number of aldehydes is 1. The second kappa shape index (κ2) is 18.7. The minimum absolute atomic E-state index is 0.0269. The summed E-state index contributed by atoms with van der Waals surface area (Å²) in [5.74, 6) is -0.872. The molecule has 0 spiro atoms. The number of carbonyl (C=O) groups excluding carboxylic acids is 1. The zero-order valence-electron chi connectivity index (χ0n) is 32.9. The van der Waals surface area contributed by atoms with Crippen molar-refractivity contribution in [3.05, 3.63) is 12.7 Å². The number of aliphatic hydroxyl groups excluding tert-OH is 7. The van der Waals surface area contributed by atoms with Gasteiger partial charge in [-0.1, -0.05) is 0 Å². The van der Waals surface area contributed by atoms with E-state index < -0.39 is 149 Å². The van der Waals surface area contributed by atoms with Crippen LogP contribution in [-0.2, 0) is 42.1 Å². The van der Waals surface area contributed by atoms with Gasteiger partial charge in [0.2, 0.25) is 6.29 Å². The summed E-state index contributed by atoms with van der Waals surface area (Å²) in [6.45, 7) is -0.613. The fourth-order valence-corrected chi connectivity index (χ4v) is 8.84. The number of anilines is 1. The number of likely N-dealkylation sites (N-methyl/N-ethyl adjacent to an activating group) is 1. The number of nitrogens with zero attached hydrogens (tertiary/aromatic N) is 4. The molecule has 1 saturated carbocycles. The standard InChI is InChI=1S/C31H51N12O18P/c1-8-31(52,5-45)23(28(56-8)59-21-12(42-30(35)36)17(48)11(41-29(33)34)18(49)19(21)50)60-27-13(37-2)22(16(47)9(3-44)58-27)61-62(53,54)55-4-10-15(46)20(51)26(57-10)43-7-40-14-24(32)38-6-39-25(14)43/h5-13,15-23,26-28,37,44,46-52H,3-4H2,1-2H3,(H,53,54)(H2,32,38,39)(H4,33,34,41)(H4,35,36,42)/p+2/t8-,9-,10+,11+,12-,13-,15+,16-,17+,18-,19+,20+,21+,22-,23-,26+,27-,28-,31+/m0/s1. The van der Waals surface area contributed by atoms with Crippen LogP contribution in [0.5, 0.6) is 0 Å². The van der Waals surface area contributed by atoms with Gasteiger partial charge in [0.05, 0.1) is 32.7 Å². The third kappa shape index (κ3) is 9.06. The number of aromatic nitrogens is 4. The Morgan fingerprint density at radius 1 is 0.919 bits per heavy atom. The normalized spacial score (nSPS) is 42.0. The van der Waals surface area contributed by atoms with Crippen LogP contribution in [0.15, 0.2) is 12.7 Å². The summed E-state index contributed by atoms with van der Waals surface area (Å²) in [6, 6.07) is -4.31. The summed E-state index contributed by atoms with van der Waals surface area (Å²) in [5.41, 5.74) is 25.9. The number of nitrogens with two attached hydrogens (primary N) is 6. The summed E-state index contributed by atoms with van der Waals surface area (Å²) in [5, 5.41) is 89.1. The Morgan fingerprint density at radius 2 is 1.60 bits per heavy atom. The fraction of sp³-hybridized carbons (Fsp3) is 0.742. The number of aliphatic hydroxyl groups is 8. The van der Waals surface area contributed by atoms with Crippen molar-refractivity contribution in [1.82, 2.24) is 19.5 Å². The third-order valence-electron chi connectivity index (χ3n) is 11.2. The van der Waals surface area contributed by atoms with E-state index in [0.29, 0.717) is 0 Å². The smallest absolute Gasteiger partial charge is 0.339 e. The van der Waals surface area contributed by atoms with Gasteiger partial charge in [-0.15, -0.1) is 0 Å². The molecule has 5 heterocycles. The number of rotatable bonds is 15. The average molecular weight is 913 g/mol. The molecule has 2 aromatic rings. The second-order valence-electron chi connectivity index (χ2n) is 15.1. The molecule has 4 fully saturated rings. The lowest BCUT2D eigenvalue weighted by Crippen LogP contribution is -2.99. The molecule has 30 nitrogen and oxygen atoms in total. The predicted molar refractivity (Wildman–Crippen MR) is 197 cm³/mol. The van der Waals surface area contributed by atoms with E-state index in [-0.39, 0.29) is 23.3 Å². The van der Waals surface area contributed by atoms with Crippen LogP contribution in [0.3, 0.4) is 0 Å². The highest BCUT2D eigenvalue weighted by Crippen LogP contribution is 2.45. The van der Waals surface area contributed by atoms with E-state index in [9.17, 15) is 55.1 Å². The summed E-state index contributed by atoms with van der Waals surface area (Å²) < 4.78 is 54.4. The molecule has 6 rings (SSSR count). The highest BCUT2D eigenvalue weighted by Gasteiger charge is 2.62. The summed E-state index contributed by atoms with van der Waals surface area (Å²) >= 11 is 0. The van der Waals surface area contributed by atoms with Gasteiger partial charge >= 0.3 is 11.9 Å². The Labute approximate surface area is 349 Å². The fourth-order valence-electron chi connectivity index (χ4n) is 7.88. The summed E-state index contributed by atoms with van der Waals surface area (Å²) in [6.07, 6.45) is -23.3. The molecular weight excluding hydrogens is 859 g/mol. The van der Waals surface area contributed by atoms with E-state index in [1.54, 1.807) is 0 Å². The van der Waals surface area contributed by atoms with Gasteiger partial charge in [0, 0.05) is 0 Å². The molecule has 0 amide bonds. The Kier molecular flexibility index (Phi) is 14.3. The van der Waals surface area contributed by atoms with Crippen LogP contribution in [0.2, 0.25) is 0 Å². The van der Waals surface area contributed by atoms with E-state index in [1.807, 2.05) is 0 Å². The van der Waals surface area contributed by atoms with Gasteiger partial charge in [-0.05, 0) is 6.92 Å². The number of carbonyl (C=O) groups is 1. The number of hydrogen-bond donors (Lipinski definition) is 16. The molecular formula is C31H53N12O18P+2. The minimum atomic E-state index is -5.54. The van der Waals surface area contributed by atoms with Gasteiger partial charge in [-0.2, -0.15) is 0 Å². The Morgan fingerprint density at radius 3 is 2.23 bits per heavy atom. The molecule has 0 radical (unpaired) electrons. The number of phosphoric ester groups is 1. The highest BCUT2D eigenvalue weighted by atomic mass is 31.2. The first-order valence-electron chi connectivity index (χ1n) is 19.0. The SMILES string of the molecule is C[NH2+][C@@H]1[C@H](O[C@H]2[C@H](O[C@H]3[C@H](O)[C@@H](O)[C@H]([NH+]=C(N)N)[C@@H](O)[C@@H]3[NH+]=C(N)N)O[C@@H](C)[C@]2(O)C=O)O[C@@H](CO)[C@H](O)[C@H]1OP(=O)([O-])OC[C@H]1O[C@@H](n2cnc3c(N)ncnc32)[C@H](O)[C@@H]1O. The van der Waals surface area contributed by atoms with E-state index in [1.165, 1.54) is 30.2 Å². The zero-order valence-corrected chi connectivity index (χ0v) is 33.8. The lowest BCUT2D eigenvalue weighted by Gasteiger charge is -2.45. The van der Waals surface area contributed by atoms with Crippen molar-refractivity contribution in [2.45, 2.75) is 123 Å². The number of hydrogen-bond acceptors (Lipinski definition) is 22. The largest absolute Gasteiger partial charge is 0.756 e. The van der Waals surface area contributed by atoms with E-state index in [4.69, 9.17) is 61.4 Å². The number of guanidine groups is 2. The van der Waals surface area contributed by atoms with Crippen LogP contribution in [0.25, 0.3) is 11.2 Å². The number of imidazole rings is 1. The van der Waals surface area contributed by atoms with Crippen molar-refractivity contribution in [2.75, 3.05) is 26.0 Å². The second-order valence-corrected chi connectivity index (χ2v) is 16.5. The Bertz CT molecular complexity index is 2000. The average Bonchev–Trinajstić information content (AvgIpc) is 3.85. The first kappa shape index (κ1) is 47.6. The van der Waals surface area contributed by atoms with Crippen molar-refractivity contribution in [3.8, 4) is 0 Å². The van der Waals surface area contributed by atoms with E-state index in [0.717, 1.165) is 6.33 Å².